The molecule has 1 rings (SSSR count). The van der Waals surface area contributed by atoms with Crippen molar-refractivity contribution >= 4 is 11.6 Å². The lowest BCUT2D eigenvalue weighted by Crippen LogP contribution is -1.97. The highest BCUT2D eigenvalue weighted by Gasteiger charge is 2.14. The summed E-state index contributed by atoms with van der Waals surface area (Å²) in [7, 11) is 3.33. The van der Waals surface area contributed by atoms with Gasteiger partial charge in [0.25, 0.3) is 0 Å². The van der Waals surface area contributed by atoms with Gasteiger partial charge in [0.05, 0.1) is 19.6 Å². The van der Waals surface area contributed by atoms with Crippen molar-refractivity contribution in [1.82, 2.24) is 0 Å². The monoisotopic (exact) mass is 312 g/mol. The summed E-state index contributed by atoms with van der Waals surface area (Å²) in [6.45, 7) is 2.25. The van der Waals surface area contributed by atoms with Gasteiger partial charge in [-0.15, -0.1) is 11.6 Å². The van der Waals surface area contributed by atoms with E-state index in [4.69, 9.17) is 21.1 Å². The molecule has 0 aromatic heterocycles. The molecule has 0 bridgehead atoms. The van der Waals surface area contributed by atoms with Crippen LogP contribution < -0.4 is 9.47 Å². The highest BCUT2D eigenvalue weighted by Crippen LogP contribution is 2.35. The average Bonchev–Trinajstić information content (AvgIpc) is 2.53. The van der Waals surface area contributed by atoms with E-state index in [0.717, 1.165) is 23.5 Å². The van der Waals surface area contributed by atoms with Gasteiger partial charge in [0.2, 0.25) is 0 Å². The van der Waals surface area contributed by atoms with Crippen molar-refractivity contribution in [2.75, 3.05) is 14.2 Å². The summed E-state index contributed by atoms with van der Waals surface area (Å²) in [5, 5.41) is 0.0153. The molecule has 1 unspecified atom stereocenters. The Balaban J connectivity index is 2.36. The molecule has 0 aliphatic heterocycles. The van der Waals surface area contributed by atoms with Crippen LogP contribution in [0, 0.1) is 0 Å². The summed E-state index contributed by atoms with van der Waals surface area (Å²) in [6.07, 6.45) is 10.2. The fourth-order valence-corrected chi connectivity index (χ4v) is 2.85. The molecule has 0 fully saturated rings. The summed E-state index contributed by atoms with van der Waals surface area (Å²) in [6, 6.07) is 5.85. The molecular weight excluding hydrogens is 284 g/mol. The lowest BCUT2D eigenvalue weighted by atomic mass is 10.0. The van der Waals surface area contributed by atoms with E-state index in [-0.39, 0.29) is 5.38 Å². The van der Waals surface area contributed by atoms with Gasteiger partial charge < -0.3 is 9.47 Å². The molecular formula is C18H29ClO2. The van der Waals surface area contributed by atoms with Gasteiger partial charge in [0.1, 0.15) is 11.5 Å². The van der Waals surface area contributed by atoms with E-state index in [0.29, 0.717) is 0 Å². The van der Waals surface area contributed by atoms with Crippen molar-refractivity contribution in [3.8, 4) is 11.5 Å². The number of benzene rings is 1. The van der Waals surface area contributed by atoms with Gasteiger partial charge in [-0.05, 0) is 12.5 Å². The van der Waals surface area contributed by atoms with Crippen LogP contribution in [-0.2, 0) is 0 Å². The molecule has 0 aliphatic carbocycles. The van der Waals surface area contributed by atoms with Crippen LogP contribution in [0.4, 0.5) is 0 Å². The quantitative estimate of drug-likeness (QED) is 0.362. The van der Waals surface area contributed by atoms with Gasteiger partial charge in [-0.2, -0.15) is 0 Å². The van der Waals surface area contributed by atoms with E-state index in [2.05, 4.69) is 6.92 Å². The minimum absolute atomic E-state index is 0.0153. The Labute approximate surface area is 134 Å². The molecule has 1 aromatic carbocycles. The fraction of sp³-hybridized carbons (Fsp3) is 0.667. The maximum absolute atomic E-state index is 6.53. The second-order valence-electron chi connectivity index (χ2n) is 5.49. The number of hydrogen-bond acceptors (Lipinski definition) is 2. The van der Waals surface area contributed by atoms with Gasteiger partial charge >= 0.3 is 0 Å². The van der Waals surface area contributed by atoms with Crippen LogP contribution >= 0.6 is 11.6 Å². The van der Waals surface area contributed by atoms with Crippen molar-refractivity contribution in [1.29, 1.82) is 0 Å². The topological polar surface area (TPSA) is 18.5 Å². The zero-order valence-corrected chi connectivity index (χ0v) is 14.4. The summed E-state index contributed by atoms with van der Waals surface area (Å²) >= 11 is 6.53. The van der Waals surface area contributed by atoms with Crippen LogP contribution in [0.3, 0.4) is 0 Å². The molecule has 0 heterocycles. The molecule has 1 aromatic rings. The van der Waals surface area contributed by atoms with Crippen LogP contribution in [-0.4, -0.2) is 14.2 Å². The maximum Gasteiger partial charge on any atom is 0.127 e. The van der Waals surface area contributed by atoms with Gasteiger partial charge in [-0.1, -0.05) is 57.9 Å². The number of alkyl halides is 1. The van der Waals surface area contributed by atoms with Crippen LogP contribution in [0.1, 0.15) is 69.2 Å². The van der Waals surface area contributed by atoms with E-state index < -0.39 is 0 Å². The van der Waals surface area contributed by atoms with Gasteiger partial charge in [-0.3, -0.25) is 0 Å². The van der Waals surface area contributed by atoms with Crippen molar-refractivity contribution in [2.45, 2.75) is 63.7 Å². The van der Waals surface area contributed by atoms with Crippen LogP contribution in [0.15, 0.2) is 18.2 Å². The highest BCUT2D eigenvalue weighted by atomic mass is 35.5. The number of rotatable bonds is 11. The molecule has 0 N–H and O–H groups in total. The van der Waals surface area contributed by atoms with Crippen molar-refractivity contribution in [3.05, 3.63) is 23.8 Å². The van der Waals surface area contributed by atoms with E-state index >= 15 is 0 Å². The lowest BCUT2D eigenvalue weighted by molar-refractivity contribution is 0.390. The Kier molecular flexibility index (Phi) is 9.32. The molecule has 0 spiro atoms. The second-order valence-corrected chi connectivity index (χ2v) is 6.01. The average molecular weight is 313 g/mol. The summed E-state index contributed by atoms with van der Waals surface area (Å²) in [5.41, 5.74) is 1.06. The molecule has 0 amide bonds. The van der Waals surface area contributed by atoms with Gasteiger partial charge in [0.15, 0.2) is 0 Å². The van der Waals surface area contributed by atoms with E-state index in [1.165, 1.54) is 44.9 Å². The maximum atomic E-state index is 6.53. The van der Waals surface area contributed by atoms with Crippen molar-refractivity contribution in [2.24, 2.45) is 0 Å². The minimum atomic E-state index is 0.0153. The Morgan fingerprint density at radius 3 is 2.24 bits per heavy atom. The molecule has 0 radical (unpaired) electrons. The second kappa shape index (κ2) is 10.8. The largest absolute Gasteiger partial charge is 0.497 e. The molecule has 0 saturated carbocycles. The third kappa shape index (κ3) is 6.60. The molecule has 0 saturated heterocycles. The minimum Gasteiger partial charge on any atom is -0.497 e. The standard InChI is InChI=1S/C18H29ClO2/c1-4-5-6-7-8-9-10-11-17(19)16-13-12-15(20-2)14-18(16)21-3/h12-14,17H,4-11H2,1-3H3. The summed E-state index contributed by atoms with van der Waals surface area (Å²) in [4.78, 5) is 0. The predicted octanol–water partition coefficient (Wildman–Crippen LogP) is 6.12. The number of hydrogen-bond donors (Lipinski definition) is 0. The SMILES string of the molecule is CCCCCCCCCC(Cl)c1ccc(OC)cc1OC. The first-order valence-electron chi connectivity index (χ1n) is 8.09. The molecule has 3 heteroatoms. The first kappa shape index (κ1) is 18.2. The summed E-state index contributed by atoms with van der Waals surface area (Å²) < 4.78 is 10.6. The smallest absolute Gasteiger partial charge is 0.127 e. The first-order chi connectivity index (χ1) is 10.2. The number of halogens is 1. The van der Waals surface area contributed by atoms with E-state index in [9.17, 15) is 0 Å². The number of ether oxygens (including phenoxy) is 2. The van der Waals surface area contributed by atoms with E-state index in [1.54, 1.807) is 14.2 Å². The third-order valence-corrected chi connectivity index (χ3v) is 4.29. The number of methoxy groups -OCH3 is 2. The van der Waals surface area contributed by atoms with E-state index in [1.807, 2.05) is 18.2 Å². The van der Waals surface area contributed by atoms with Crippen LogP contribution in [0.2, 0.25) is 0 Å². The Morgan fingerprint density at radius 1 is 0.952 bits per heavy atom. The fourth-order valence-electron chi connectivity index (χ4n) is 2.51. The Morgan fingerprint density at radius 2 is 1.62 bits per heavy atom. The Bertz CT molecular complexity index is 393. The predicted molar refractivity (Wildman–Crippen MR) is 90.8 cm³/mol. The Hall–Kier alpha value is -0.890. The van der Waals surface area contributed by atoms with Gasteiger partial charge in [0, 0.05) is 11.6 Å². The van der Waals surface area contributed by atoms with Crippen molar-refractivity contribution < 1.29 is 9.47 Å². The van der Waals surface area contributed by atoms with Crippen molar-refractivity contribution in [3.63, 3.8) is 0 Å². The summed E-state index contributed by atoms with van der Waals surface area (Å²) in [5.74, 6) is 1.62. The molecule has 2 nitrogen and oxygen atoms in total. The molecule has 120 valence electrons. The zero-order chi connectivity index (χ0) is 15.5. The first-order valence-corrected chi connectivity index (χ1v) is 8.52. The highest BCUT2D eigenvalue weighted by molar-refractivity contribution is 6.21. The molecule has 21 heavy (non-hydrogen) atoms. The molecule has 0 aliphatic rings. The number of unbranched alkanes of at least 4 members (excludes halogenated alkanes) is 6. The zero-order valence-electron chi connectivity index (χ0n) is 13.7. The lowest BCUT2D eigenvalue weighted by Gasteiger charge is -2.15. The van der Waals surface area contributed by atoms with Gasteiger partial charge in [-0.25, -0.2) is 0 Å². The van der Waals surface area contributed by atoms with Crippen LogP contribution in [0.5, 0.6) is 11.5 Å². The van der Waals surface area contributed by atoms with Crippen LogP contribution in [0.25, 0.3) is 0 Å². The normalized spacial score (nSPS) is 12.2. The third-order valence-electron chi connectivity index (χ3n) is 3.84. The molecule has 1 atom stereocenters.